The number of phenols is 1. The number of thioether (sulfide) groups is 1. The van der Waals surface area contributed by atoms with Gasteiger partial charge >= 0.3 is 6.18 Å². The number of amidine groups is 1. The first-order valence-corrected chi connectivity index (χ1v) is 9.96. The fraction of sp³-hybridized carbons (Fsp3) is 0.190. The number of rotatable bonds is 6. The third-order valence-corrected chi connectivity index (χ3v) is 5.14. The molecule has 31 heavy (non-hydrogen) atoms. The van der Waals surface area contributed by atoms with Gasteiger partial charge in [0.1, 0.15) is 11.6 Å². The lowest BCUT2D eigenvalue weighted by atomic mass is 10.1. The third kappa shape index (κ3) is 5.26. The molecule has 162 valence electrons. The van der Waals surface area contributed by atoms with Crippen LogP contribution in [0, 0.1) is 0 Å². The van der Waals surface area contributed by atoms with Crippen molar-refractivity contribution in [3.05, 3.63) is 64.2 Å². The average molecular weight is 448 g/mol. The number of benzene rings is 2. The summed E-state index contributed by atoms with van der Waals surface area (Å²) < 4.78 is 41.3. The van der Waals surface area contributed by atoms with Crippen LogP contribution in [0.15, 0.2) is 52.5 Å². The number of phenolic OH excluding ortho intramolecular Hbond substituents is 1. The minimum atomic E-state index is -4.59. The molecule has 3 rings (SSSR count). The minimum Gasteiger partial charge on any atom is -0.508 e. The van der Waals surface area contributed by atoms with Crippen LogP contribution in [0.2, 0.25) is 0 Å². The molecule has 2 N–H and O–H groups in total. The van der Waals surface area contributed by atoms with Crippen molar-refractivity contribution in [2.75, 3.05) is 14.1 Å². The number of hydrogen-bond donors (Lipinski definition) is 2. The number of likely N-dealkylation sites (N-methyl/N-ethyl adjacent to an activating group) is 1. The monoisotopic (exact) mass is 448 g/mol. The highest BCUT2D eigenvalue weighted by Gasteiger charge is 2.33. The fourth-order valence-corrected chi connectivity index (χ4v) is 3.73. The second-order valence-electron chi connectivity index (χ2n) is 6.53. The van der Waals surface area contributed by atoms with E-state index in [0.717, 1.165) is 22.7 Å². The Bertz CT molecular complexity index is 1170. The van der Waals surface area contributed by atoms with E-state index < -0.39 is 17.5 Å². The van der Waals surface area contributed by atoms with E-state index >= 15 is 0 Å². The molecule has 0 fully saturated rings. The molecule has 0 aliphatic heterocycles. The van der Waals surface area contributed by atoms with E-state index in [1.807, 2.05) is 6.07 Å². The molecule has 0 amide bonds. The Balaban J connectivity index is 1.95. The maximum atomic E-state index is 13.3. The number of halogens is 3. The Kier molecular flexibility index (Phi) is 6.69. The number of nitrogens with one attached hydrogen (secondary N) is 1. The van der Waals surface area contributed by atoms with Crippen molar-refractivity contribution in [2.45, 2.75) is 12.7 Å². The molecule has 0 atom stereocenters. The molecule has 0 spiro atoms. The van der Waals surface area contributed by atoms with Gasteiger partial charge in [0.15, 0.2) is 5.62 Å². The summed E-state index contributed by atoms with van der Waals surface area (Å²) in [6.07, 6.45) is -1.15. The van der Waals surface area contributed by atoms with Crippen LogP contribution < -0.4 is 5.32 Å². The third-order valence-electron chi connectivity index (χ3n) is 4.47. The van der Waals surface area contributed by atoms with Gasteiger partial charge in [0.25, 0.3) is 0 Å². The SMILES string of the molecule is CN=C(NC)/C(=C/c1ccc2nn(Cc3ccc(O)cc3C(F)(F)F)cc2c1)SC=O. The van der Waals surface area contributed by atoms with Crippen LogP contribution in [0.3, 0.4) is 0 Å². The van der Waals surface area contributed by atoms with Gasteiger partial charge in [0.2, 0.25) is 0 Å². The summed E-state index contributed by atoms with van der Waals surface area (Å²) in [5.41, 5.74) is 1.21. The highest BCUT2D eigenvalue weighted by molar-refractivity contribution is 8.16. The van der Waals surface area contributed by atoms with Crippen LogP contribution in [0.25, 0.3) is 17.0 Å². The summed E-state index contributed by atoms with van der Waals surface area (Å²) >= 11 is 0.985. The Hall–Kier alpha value is -3.27. The van der Waals surface area contributed by atoms with Gasteiger partial charge in [-0.3, -0.25) is 14.5 Å². The summed E-state index contributed by atoms with van der Waals surface area (Å²) in [5.74, 6) is 0.110. The molecule has 10 heteroatoms. The largest absolute Gasteiger partial charge is 0.508 e. The Labute approximate surface area is 180 Å². The molecule has 0 unspecified atom stereocenters. The summed E-state index contributed by atoms with van der Waals surface area (Å²) in [7, 11) is 3.31. The average Bonchev–Trinajstić information content (AvgIpc) is 3.11. The summed E-state index contributed by atoms with van der Waals surface area (Å²) in [5, 5.41) is 17.4. The van der Waals surface area contributed by atoms with E-state index in [9.17, 15) is 23.1 Å². The Morgan fingerprint density at radius 3 is 2.71 bits per heavy atom. The zero-order valence-electron chi connectivity index (χ0n) is 16.6. The molecule has 0 aliphatic carbocycles. The van der Waals surface area contributed by atoms with Gasteiger partial charge < -0.3 is 10.4 Å². The van der Waals surface area contributed by atoms with Gasteiger partial charge in [0.05, 0.1) is 22.5 Å². The molecule has 1 aromatic heterocycles. The van der Waals surface area contributed by atoms with Crippen molar-refractivity contribution in [2.24, 2.45) is 4.99 Å². The van der Waals surface area contributed by atoms with Crippen LogP contribution in [0.1, 0.15) is 16.7 Å². The molecule has 0 radical (unpaired) electrons. The van der Waals surface area contributed by atoms with Crippen molar-refractivity contribution in [3.8, 4) is 5.75 Å². The summed E-state index contributed by atoms with van der Waals surface area (Å²) in [6.45, 7) is -0.104. The molecule has 2 aromatic carbocycles. The maximum absolute atomic E-state index is 13.3. The molecule has 6 nitrogen and oxygen atoms in total. The number of aliphatic imine (C=N–C) groups is 1. The number of aromatic nitrogens is 2. The zero-order chi connectivity index (χ0) is 22.6. The van der Waals surface area contributed by atoms with Gasteiger partial charge in [-0.1, -0.05) is 23.9 Å². The lowest BCUT2D eigenvalue weighted by molar-refractivity contribution is -0.138. The van der Waals surface area contributed by atoms with E-state index in [-0.39, 0.29) is 12.1 Å². The normalized spacial score (nSPS) is 12.9. The van der Waals surface area contributed by atoms with E-state index in [2.05, 4.69) is 15.4 Å². The summed E-state index contributed by atoms with van der Waals surface area (Å²) in [6, 6.07) is 8.56. The quantitative estimate of drug-likeness (QED) is 0.334. The van der Waals surface area contributed by atoms with Crippen LogP contribution in [0.4, 0.5) is 13.2 Å². The molecule has 0 saturated heterocycles. The second kappa shape index (κ2) is 9.25. The van der Waals surface area contributed by atoms with E-state index in [1.165, 1.54) is 16.8 Å². The molecular formula is C21H19F3N4O2S. The number of aromatic hydroxyl groups is 1. The number of carbonyl (C=O) groups is 1. The van der Waals surface area contributed by atoms with Gasteiger partial charge in [-0.2, -0.15) is 18.3 Å². The van der Waals surface area contributed by atoms with Crippen LogP contribution in [-0.2, 0) is 17.5 Å². The van der Waals surface area contributed by atoms with Gasteiger partial charge in [-0.05, 0) is 41.5 Å². The lowest BCUT2D eigenvalue weighted by Crippen LogP contribution is -2.19. The van der Waals surface area contributed by atoms with Gasteiger partial charge in [-0.25, -0.2) is 0 Å². The predicted molar refractivity (Wildman–Crippen MR) is 117 cm³/mol. The molecule has 1 heterocycles. The van der Waals surface area contributed by atoms with Crippen LogP contribution in [0.5, 0.6) is 5.75 Å². The van der Waals surface area contributed by atoms with Crippen molar-refractivity contribution in [3.63, 3.8) is 0 Å². The zero-order valence-corrected chi connectivity index (χ0v) is 17.5. The molecule has 3 aromatic rings. The Morgan fingerprint density at radius 1 is 1.29 bits per heavy atom. The van der Waals surface area contributed by atoms with Crippen molar-refractivity contribution < 1.29 is 23.1 Å². The minimum absolute atomic E-state index is 0.000661. The Morgan fingerprint density at radius 2 is 2.06 bits per heavy atom. The number of alkyl halides is 3. The van der Waals surface area contributed by atoms with E-state index in [1.54, 1.807) is 38.5 Å². The van der Waals surface area contributed by atoms with Crippen molar-refractivity contribution in [1.29, 1.82) is 0 Å². The van der Waals surface area contributed by atoms with Gasteiger partial charge in [-0.15, -0.1) is 0 Å². The first kappa shape index (κ1) is 22.4. The predicted octanol–water partition coefficient (Wildman–Crippen LogP) is 4.32. The van der Waals surface area contributed by atoms with E-state index in [4.69, 9.17) is 0 Å². The van der Waals surface area contributed by atoms with Crippen LogP contribution >= 0.6 is 11.8 Å². The molecule has 0 bridgehead atoms. The second-order valence-corrected chi connectivity index (χ2v) is 7.40. The number of carbonyl (C=O) groups excluding carboxylic acids is 1. The topological polar surface area (TPSA) is 79.5 Å². The maximum Gasteiger partial charge on any atom is 0.416 e. The van der Waals surface area contributed by atoms with E-state index in [0.29, 0.717) is 27.9 Å². The molecular weight excluding hydrogens is 429 g/mol. The first-order chi connectivity index (χ1) is 14.7. The highest BCUT2D eigenvalue weighted by Crippen LogP contribution is 2.34. The van der Waals surface area contributed by atoms with Gasteiger partial charge in [0, 0.05) is 25.7 Å². The smallest absolute Gasteiger partial charge is 0.416 e. The molecule has 0 saturated carbocycles. The lowest BCUT2D eigenvalue weighted by Gasteiger charge is -2.13. The number of fused-ring (bicyclic) bond motifs is 1. The first-order valence-electron chi connectivity index (χ1n) is 9.08. The number of nitrogens with zero attached hydrogens (tertiary/aromatic N) is 3. The number of hydrogen-bond acceptors (Lipinski definition) is 5. The van der Waals surface area contributed by atoms with Crippen molar-refractivity contribution in [1.82, 2.24) is 15.1 Å². The highest BCUT2D eigenvalue weighted by atomic mass is 32.2. The molecule has 0 aliphatic rings. The standard InChI is InChI=1S/C21H19F3N4O2S/c1-25-20(26-2)19(31-12-29)8-13-3-6-18-15(7-13)11-28(27-18)10-14-4-5-16(30)9-17(14)21(22,23)24/h3-9,11-12,30H,10H2,1-2H3,(H,25,26)/b19-8-. The van der Waals surface area contributed by atoms with Crippen molar-refractivity contribution >= 4 is 40.2 Å². The summed E-state index contributed by atoms with van der Waals surface area (Å²) in [4.78, 5) is 15.7. The fourth-order valence-electron chi connectivity index (χ4n) is 3.11. The van der Waals surface area contributed by atoms with Crippen LogP contribution in [-0.4, -0.2) is 40.4 Å².